The van der Waals surface area contributed by atoms with Crippen LogP contribution in [-0.2, 0) is 56.2 Å². The Hall–Kier alpha value is -5.47. The van der Waals surface area contributed by atoms with Crippen LogP contribution in [0.1, 0.15) is 86.3 Å². The maximum absolute atomic E-state index is 13.6. The van der Waals surface area contributed by atoms with Crippen LogP contribution in [0.15, 0.2) is 60.7 Å². The lowest BCUT2D eigenvalue weighted by Crippen LogP contribution is -2.57. The van der Waals surface area contributed by atoms with Gasteiger partial charge in [0.05, 0.1) is 0 Å². The van der Waals surface area contributed by atoms with Gasteiger partial charge in [0, 0.05) is 6.42 Å². The molecule has 0 bridgehead atoms. The molecule has 0 fully saturated rings. The van der Waals surface area contributed by atoms with Crippen LogP contribution >= 0.6 is 0 Å². The minimum Gasteiger partial charge on any atom is -0.459 e. The lowest BCUT2D eigenvalue weighted by atomic mass is 10.0. The van der Waals surface area contributed by atoms with Crippen molar-refractivity contribution in [2.75, 3.05) is 0 Å². The highest BCUT2D eigenvalue weighted by molar-refractivity contribution is 5.94. The molecular formula is C40H57N5O10. The van der Waals surface area contributed by atoms with Gasteiger partial charge < -0.3 is 40.8 Å². The molecule has 5 atom stereocenters. The van der Waals surface area contributed by atoms with Crippen molar-refractivity contribution in [3.63, 3.8) is 0 Å². The zero-order chi connectivity index (χ0) is 41.3. The second-order valence-electron chi connectivity index (χ2n) is 14.9. The van der Waals surface area contributed by atoms with E-state index in [2.05, 4.69) is 26.6 Å². The Morgan fingerprint density at radius 3 is 1.38 bits per heavy atom. The Labute approximate surface area is 323 Å². The van der Waals surface area contributed by atoms with Gasteiger partial charge in [0.15, 0.2) is 0 Å². The van der Waals surface area contributed by atoms with Crippen LogP contribution in [0.25, 0.3) is 0 Å². The molecule has 5 N–H and O–H groups in total. The summed E-state index contributed by atoms with van der Waals surface area (Å²) in [5.74, 6) is -4.84. The van der Waals surface area contributed by atoms with E-state index in [4.69, 9.17) is 14.2 Å². The predicted octanol–water partition coefficient (Wildman–Crippen LogP) is 3.44. The average molecular weight is 768 g/mol. The lowest BCUT2D eigenvalue weighted by Gasteiger charge is -2.27. The van der Waals surface area contributed by atoms with Gasteiger partial charge in [0.1, 0.15) is 49.0 Å². The number of carbonyl (C=O) groups is 7. The molecule has 0 radical (unpaired) electrons. The van der Waals surface area contributed by atoms with Crippen LogP contribution in [0.5, 0.6) is 0 Å². The van der Waals surface area contributed by atoms with Crippen LogP contribution in [0.3, 0.4) is 0 Å². The van der Waals surface area contributed by atoms with Gasteiger partial charge in [-0.25, -0.2) is 14.4 Å². The van der Waals surface area contributed by atoms with Gasteiger partial charge in [0.2, 0.25) is 23.6 Å². The summed E-state index contributed by atoms with van der Waals surface area (Å²) < 4.78 is 15.9. The molecule has 5 amide bonds. The van der Waals surface area contributed by atoms with E-state index in [1.165, 1.54) is 13.8 Å². The van der Waals surface area contributed by atoms with E-state index < -0.39 is 89.3 Å². The summed E-state index contributed by atoms with van der Waals surface area (Å²) in [4.78, 5) is 91.2. The lowest BCUT2D eigenvalue weighted by molar-refractivity contribution is -0.149. The number of ether oxygens (including phenoxy) is 3. The standard InChI is InChI=1S/C40H57N5O10/c1-24(2)32(35(48)41-26(5)37(50)53-22-28-16-12-10-13-17-28)44-31(46)21-20-30(43-39(52)55-40(7,8)9)34(47)45-33(25(3)4)36(49)42-27(6)38(51)54-23-29-18-14-11-15-19-29/h10-19,24-27,30,32-33H,20-23H2,1-9H3,(H,41,48)(H,42,49)(H,43,52)(H,44,46)(H,45,47)/t26-,27-,30-,32-,33-/m0/s1. The number of hydrogen-bond donors (Lipinski definition) is 5. The zero-order valence-corrected chi connectivity index (χ0v) is 33.2. The number of benzene rings is 2. The number of alkyl carbamates (subject to hydrolysis) is 1. The van der Waals surface area contributed by atoms with Crippen molar-refractivity contribution in [3.05, 3.63) is 71.8 Å². The van der Waals surface area contributed by atoms with Gasteiger partial charge in [-0.05, 0) is 64.0 Å². The van der Waals surface area contributed by atoms with Gasteiger partial charge in [-0.2, -0.15) is 0 Å². The highest BCUT2D eigenvalue weighted by Crippen LogP contribution is 2.11. The van der Waals surface area contributed by atoms with Crippen LogP contribution in [-0.4, -0.2) is 77.5 Å². The third-order valence-electron chi connectivity index (χ3n) is 8.05. The summed E-state index contributed by atoms with van der Waals surface area (Å²) >= 11 is 0. The number of nitrogens with one attached hydrogen (secondary N) is 5. The molecule has 0 unspecified atom stereocenters. The first-order valence-corrected chi connectivity index (χ1v) is 18.4. The fraction of sp³-hybridized carbons (Fsp3) is 0.525. The van der Waals surface area contributed by atoms with E-state index >= 15 is 0 Å². The normalized spacial score (nSPS) is 13.9. The number of esters is 2. The Morgan fingerprint density at radius 1 is 0.564 bits per heavy atom. The molecule has 2 rings (SSSR count). The first-order valence-electron chi connectivity index (χ1n) is 18.4. The SMILES string of the molecule is CC(C)[C@H](NC(=O)CC[C@H](NC(=O)OC(C)(C)C)C(=O)N[C@H](C(=O)N[C@@H](C)C(=O)OCc1ccccc1)C(C)C)C(=O)N[C@@H](C)C(=O)OCc1ccccc1. The molecule has 0 aromatic heterocycles. The summed E-state index contributed by atoms with van der Waals surface area (Å²) in [5, 5.41) is 12.9. The van der Waals surface area contributed by atoms with Crippen molar-refractivity contribution in [2.45, 2.75) is 124 Å². The fourth-order valence-corrected chi connectivity index (χ4v) is 5.00. The van der Waals surface area contributed by atoms with E-state index in [0.29, 0.717) is 0 Å². The molecule has 0 aliphatic heterocycles. The van der Waals surface area contributed by atoms with Crippen LogP contribution in [0, 0.1) is 11.8 Å². The Bertz CT molecular complexity index is 1590. The summed E-state index contributed by atoms with van der Waals surface area (Å²) in [6.45, 7) is 14.7. The molecule has 2 aromatic rings. The van der Waals surface area contributed by atoms with E-state index in [-0.39, 0.29) is 26.1 Å². The van der Waals surface area contributed by atoms with E-state index in [9.17, 15) is 33.6 Å². The first-order chi connectivity index (χ1) is 25.8. The molecule has 0 saturated heterocycles. The number of hydrogen-bond acceptors (Lipinski definition) is 10. The molecule has 302 valence electrons. The summed E-state index contributed by atoms with van der Waals surface area (Å²) in [7, 11) is 0. The van der Waals surface area contributed by atoms with Crippen molar-refractivity contribution >= 4 is 41.7 Å². The molecule has 55 heavy (non-hydrogen) atoms. The Morgan fingerprint density at radius 2 is 0.982 bits per heavy atom. The van der Waals surface area contributed by atoms with Crippen LogP contribution in [0.2, 0.25) is 0 Å². The Kier molecular flexibility index (Phi) is 18.3. The monoisotopic (exact) mass is 767 g/mol. The predicted molar refractivity (Wildman–Crippen MR) is 204 cm³/mol. The van der Waals surface area contributed by atoms with Gasteiger partial charge >= 0.3 is 18.0 Å². The van der Waals surface area contributed by atoms with Crippen molar-refractivity contribution in [3.8, 4) is 0 Å². The van der Waals surface area contributed by atoms with Gasteiger partial charge in [-0.3, -0.25) is 19.2 Å². The highest BCUT2D eigenvalue weighted by atomic mass is 16.6. The molecule has 2 aromatic carbocycles. The Balaban J connectivity index is 2.07. The quantitative estimate of drug-likeness (QED) is 0.104. The second-order valence-corrected chi connectivity index (χ2v) is 14.9. The number of amides is 5. The molecule has 0 aliphatic carbocycles. The van der Waals surface area contributed by atoms with Gasteiger partial charge in [-0.1, -0.05) is 88.4 Å². The minimum absolute atomic E-state index is 0.0152. The number of carbonyl (C=O) groups excluding carboxylic acids is 7. The first kappa shape index (κ1) is 45.7. The third-order valence-corrected chi connectivity index (χ3v) is 8.05. The average Bonchev–Trinajstić information content (AvgIpc) is 3.11. The summed E-state index contributed by atoms with van der Waals surface area (Å²) in [5.41, 5.74) is 0.647. The zero-order valence-electron chi connectivity index (χ0n) is 33.2. The van der Waals surface area contributed by atoms with Crippen molar-refractivity contribution in [1.29, 1.82) is 0 Å². The van der Waals surface area contributed by atoms with E-state index in [1.54, 1.807) is 84.9 Å². The van der Waals surface area contributed by atoms with Gasteiger partial charge in [0.25, 0.3) is 0 Å². The third kappa shape index (κ3) is 17.0. The molecule has 0 heterocycles. The molecule has 0 aliphatic rings. The fourth-order valence-electron chi connectivity index (χ4n) is 5.00. The van der Waals surface area contributed by atoms with Crippen molar-refractivity contribution < 1.29 is 47.8 Å². The van der Waals surface area contributed by atoms with Crippen LogP contribution < -0.4 is 26.6 Å². The number of rotatable bonds is 19. The maximum Gasteiger partial charge on any atom is 0.408 e. The molecule has 0 saturated carbocycles. The van der Waals surface area contributed by atoms with E-state index in [1.807, 2.05) is 24.3 Å². The largest absolute Gasteiger partial charge is 0.459 e. The molecule has 0 spiro atoms. The van der Waals surface area contributed by atoms with Crippen molar-refractivity contribution in [1.82, 2.24) is 26.6 Å². The van der Waals surface area contributed by atoms with E-state index in [0.717, 1.165) is 11.1 Å². The summed E-state index contributed by atoms with van der Waals surface area (Å²) in [6.07, 6.45) is -1.48. The smallest absolute Gasteiger partial charge is 0.408 e. The second kappa shape index (κ2) is 22.0. The summed E-state index contributed by atoms with van der Waals surface area (Å²) in [6, 6.07) is 12.5. The molecule has 15 nitrogen and oxygen atoms in total. The van der Waals surface area contributed by atoms with Gasteiger partial charge in [-0.15, -0.1) is 0 Å². The van der Waals surface area contributed by atoms with Crippen LogP contribution in [0.4, 0.5) is 4.79 Å². The molecular weight excluding hydrogens is 710 g/mol. The maximum atomic E-state index is 13.6. The van der Waals surface area contributed by atoms with Crippen molar-refractivity contribution in [2.24, 2.45) is 11.8 Å². The minimum atomic E-state index is -1.34. The highest BCUT2D eigenvalue weighted by Gasteiger charge is 2.33. The molecule has 15 heteroatoms. The topological polar surface area (TPSA) is 207 Å².